The summed E-state index contributed by atoms with van der Waals surface area (Å²) in [4.78, 5) is 24.2. The molecule has 0 aliphatic carbocycles. The maximum Gasteiger partial charge on any atom is 0.243 e. The summed E-state index contributed by atoms with van der Waals surface area (Å²) in [7, 11) is -3.59. The third kappa shape index (κ3) is 7.41. The van der Waals surface area contributed by atoms with Gasteiger partial charge in [-0.1, -0.05) is 49.3 Å². The lowest BCUT2D eigenvalue weighted by Gasteiger charge is -2.18. The van der Waals surface area contributed by atoms with Crippen molar-refractivity contribution in [1.29, 1.82) is 0 Å². The van der Waals surface area contributed by atoms with Crippen molar-refractivity contribution in [3.8, 4) is 5.69 Å². The molecule has 2 aromatic carbocycles. The lowest BCUT2D eigenvalue weighted by molar-refractivity contribution is -0.118. The van der Waals surface area contributed by atoms with Gasteiger partial charge >= 0.3 is 0 Å². The number of aromatic nitrogens is 3. The molecule has 1 heterocycles. The molecule has 0 bridgehead atoms. The number of thioether (sulfide) groups is 1. The minimum Gasteiger partial charge on any atom is -0.356 e. The number of rotatable bonds is 13. The Morgan fingerprint density at radius 1 is 1.03 bits per heavy atom. The molecule has 9 nitrogen and oxygen atoms in total. The predicted molar refractivity (Wildman–Crippen MR) is 145 cm³/mol. The van der Waals surface area contributed by atoms with Crippen LogP contribution in [0.3, 0.4) is 0 Å². The molecule has 0 aliphatic rings. The van der Waals surface area contributed by atoms with Crippen molar-refractivity contribution >= 4 is 45.1 Å². The van der Waals surface area contributed by atoms with Gasteiger partial charge in [0, 0.05) is 49.3 Å². The summed E-state index contributed by atoms with van der Waals surface area (Å²) in [6.07, 6.45) is 1.25. The summed E-state index contributed by atoms with van der Waals surface area (Å²) < 4.78 is 28.6. The van der Waals surface area contributed by atoms with Gasteiger partial charge in [-0.25, -0.2) is 8.42 Å². The lowest BCUT2D eigenvalue weighted by atomic mass is 10.1. The maximum absolute atomic E-state index is 12.9. The van der Waals surface area contributed by atoms with Gasteiger partial charge < -0.3 is 5.32 Å². The Bertz CT molecular complexity index is 1320. The van der Waals surface area contributed by atoms with E-state index in [2.05, 4.69) is 15.5 Å². The molecule has 198 valence electrons. The third-order valence-electron chi connectivity index (χ3n) is 5.59. The van der Waals surface area contributed by atoms with Gasteiger partial charge in [-0.2, -0.15) is 4.31 Å². The molecule has 0 aliphatic heterocycles. The average Bonchev–Trinajstić information content (AvgIpc) is 3.28. The van der Waals surface area contributed by atoms with Crippen LogP contribution in [0.25, 0.3) is 5.69 Å². The van der Waals surface area contributed by atoms with E-state index < -0.39 is 10.0 Å². The van der Waals surface area contributed by atoms with E-state index in [0.717, 1.165) is 5.69 Å². The molecule has 3 rings (SSSR count). The number of amides is 1. The number of ketones is 1. The van der Waals surface area contributed by atoms with Crippen molar-refractivity contribution in [2.75, 3.05) is 25.4 Å². The zero-order valence-electron chi connectivity index (χ0n) is 21.0. The first-order valence-electron chi connectivity index (χ1n) is 11.9. The number of sulfonamides is 1. The number of carbonyl (C=O) groups excluding carboxylic acids is 2. The highest BCUT2D eigenvalue weighted by atomic mass is 35.5. The first-order chi connectivity index (χ1) is 17.7. The van der Waals surface area contributed by atoms with Gasteiger partial charge in [-0.15, -0.1) is 10.2 Å². The first kappa shape index (κ1) is 28.8. The quantitative estimate of drug-likeness (QED) is 0.190. The maximum atomic E-state index is 12.9. The van der Waals surface area contributed by atoms with E-state index in [1.807, 2.05) is 16.7 Å². The highest BCUT2D eigenvalue weighted by Gasteiger charge is 2.22. The lowest BCUT2D eigenvalue weighted by Crippen LogP contribution is -2.30. The van der Waals surface area contributed by atoms with Crippen LogP contribution in [0.15, 0.2) is 58.6 Å². The largest absolute Gasteiger partial charge is 0.356 e. The number of hydrogen-bond acceptors (Lipinski definition) is 7. The van der Waals surface area contributed by atoms with Crippen LogP contribution in [0.5, 0.6) is 0 Å². The van der Waals surface area contributed by atoms with Gasteiger partial charge in [0.1, 0.15) is 5.82 Å². The minimum atomic E-state index is -3.59. The zero-order valence-corrected chi connectivity index (χ0v) is 23.4. The molecule has 1 aromatic heterocycles. The second kappa shape index (κ2) is 13.2. The molecule has 37 heavy (non-hydrogen) atoms. The minimum absolute atomic E-state index is 0.0902. The van der Waals surface area contributed by atoms with Crippen molar-refractivity contribution in [2.45, 2.75) is 43.7 Å². The third-order valence-corrected chi connectivity index (χ3v) is 8.83. The van der Waals surface area contributed by atoms with Gasteiger partial charge in [-0.3, -0.25) is 14.2 Å². The zero-order chi connectivity index (χ0) is 27.0. The molecule has 1 amide bonds. The first-order valence-corrected chi connectivity index (χ1v) is 14.7. The topological polar surface area (TPSA) is 114 Å². The summed E-state index contributed by atoms with van der Waals surface area (Å²) in [6, 6.07) is 13.3. The molecular formula is C25H30ClN5O4S2. The van der Waals surface area contributed by atoms with E-state index in [-0.39, 0.29) is 22.3 Å². The number of halogens is 1. The summed E-state index contributed by atoms with van der Waals surface area (Å²) >= 11 is 7.30. The number of nitrogens with one attached hydrogen (secondary N) is 1. The normalized spacial score (nSPS) is 11.6. The average molecular weight is 564 g/mol. The Kier molecular flexibility index (Phi) is 10.3. The second-order valence-corrected chi connectivity index (χ2v) is 11.4. The van der Waals surface area contributed by atoms with Crippen molar-refractivity contribution in [2.24, 2.45) is 0 Å². The molecule has 3 aromatic rings. The Morgan fingerprint density at radius 2 is 1.68 bits per heavy atom. The fourth-order valence-corrected chi connectivity index (χ4v) is 6.10. The van der Waals surface area contributed by atoms with E-state index in [1.54, 1.807) is 26.0 Å². The molecule has 0 fully saturated rings. The van der Waals surface area contributed by atoms with Gasteiger partial charge in [-0.05, 0) is 42.8 Å². The van der Waals surface area contributed by atoms with Crippen molar-refractivity contribution < 1.29 is 18.0 Å². The van der Waals surface area contributed by atoms with Crippen LogP contribution in [-0.2, 0) is 21.2 Å². The van der Waals surface area contributed by atoms with Gasteiger partial charge in [0.15, 0.2) is 10.9 Å². The molecule has 0 unspecified atom stereocenters. The number of aryl methyl sites for hydroxylation is 1. The molecule has 0 saturated carbocycles. The monoisotopic (exact) mass is 563 g/mol. The van der Waals surface area contributed by atoms with E-state index in [0.29, 0.717) is 54.0 Å². The summed E-state index contributed by atoms with van der Waals surface area (Å²) in [5, 5.41) is 12.5. The smallest absolute Gasteiger partial charge is 0.243 e. The van der Waals surface area contributed by atoms with E-state index >= 15 is 0 Å². The molecule has 0 atom stereocenters. The van der Waals surface area contributed by atoms with E-state index in [9.17, 15) is 18.0 Å². The second-order valence-electron chi connectivity index (χ2n) is 8.12. The number of hydrogen-bond donors (Lipinski definition) is 1. The van der Waals surface area contributed by atoms with E-state index in [4.69, 9.17) is 11.6 Å². The van der Waals surface area contributed by atoms with Crippen LogP contribution in [0.4, 0.5) is 0 Å². The number of nitrogens with zero attached hydrogens (tertiary/aromatic N) is 4. The fourth-order valence-electron chi connectivity index (χ4n) is 3.65. The van der Waals surface area contributed by atoms with Crippen LogP contribution in [0, 0.1) is 0 Å². The van der Waals surface area contributed by atoms with Crippen molar-refractivity contribution in [1.82, 2.24) is 24.4 Å². The number of carbonyl (C=O) groups is 2. The molecule has 1 N–H and O–H groups in total. The highest BCUT2D eigenvalue weighted by Crippen LogP contribution is 2.25. The molecule has 0 radical (unpaired) electrons. The molecule has 12 heteroatoms. The summed E-state index contributed by atoms with van der Waals surface area (Å²) in [5.41, 5.74) is 1.23. The van der Waals surface area contributed by atoms with Crippen LogP contribution in [-0.4, -0.2) is 64.6 Å². The highest BCUT2D eigenvalue weighted by molar-refractivity contribution is 7.99. The van der Waals surface area contributed by atoms with E-state index in [1.165, 1.54) is 47.3 Å². The number of Topliss-reactive ketones (excluding diaryl/α,β-unsaturated/α-hetero) is 1. The predicted octanol–water partition coefficient (Wildman–Crippen LogP) is 3.99. The Morgan fingerprint density at radius 3 is 2.27 bits per heavy atom. The SMILES string of the molecule is CCN(CC)S(=O)(=O)c1ccc(C(=O)CSc2nnc(CCCNC(C)=O)n2-c2ccc(Cl)cc2)cc1. The Labute approximate surface area is 226 Å². The Hall–Kier alpha value is -2.73. The van der Waals surface area contributed by atoms with Gasteiger partial charge in [0.05, 0.1) is 10.6 Å². The summed E-state index contributed by atoms with van der Waals surface area (Å²) in [5.74, 6) is 0.551. The van der Waals surface area contributed by atoms with Crippen LogP contribution in [0.1, 0.15) is 43.4 Å². The molecule has 0 saturated heterocycles. The van der Waals surface area contributed by atoms with Crippen LogP contribution in [0.2, 0.25) is 5.02 Å². The standard InChI is InChI=1S/C25H30ClN5O4S2/c1-4-30(5-2)37(34,35)22-14-8-19(9-15-22)23(33)17-36-25-29-28-24(7-6-16-27-18(3)32)31(25)21-12-10-20(26)11-13-21/h8-15H,4-7,16-17H2,1-3H3,(H,27,32). The Balaban J connectivity index is 1.75. The summed E-state index contributed by atoms with van der Waals surface area (Å²) in [6.45, 7) is 6.31. The molecular weight excluding hydrogens is 534 g/mol. The van der Waals surface area contributed by atoms with Crippen molar-refractivity contribution in [3.63, 3.8) is 0 Å². The van der Waals surface area contributed by atoms with Gasteiger partial charge in [0.2, 0.25) is 15.9 Å². The molecule has 0 spiro atoms. The van der Waals surface area contributed by atoms with Crippen LogP contribution >= 0.6 is 23.4 Å². The van der Waals surface area contributed by atoms with Crippen molar-refractivity contribution in [3.05, 3.63) is 64.9 Å². The fraction of sp³-hybridized carbons (Fsp3) is 0.360. The van der Waals surface area contributed by atoms with Gasteiger partial charge in [0.25, 0.3) is 0 Å². The number of benzene rings is 2. The van der Waals surface area contributed by atoms with Crippen LogP contribution < -0.4 is 5.32 Å².